The SMILES string of the molecule is Cc1ncnc(N2CCOc3ccc(-c4cnc(N)c([N+](=O)[O-])c4)cc3C2)c1Cc1ccc(F)cc1. The second kappa shape index (κ2) is 9.57. The molecular weight excluding hydrogens is 463 g/mol. The van der Waals surface area contributed by atoms with E-state index >= 15 is 0 Å². The largest absolute Gasteiger partial charge is 0.491 e. The highest BCUT2D eigenvalue weighted by Gasteiger charge is 2.22. The first kappa shape index (κ1) is 23.2. The van der Waals surface area contributed by atoms with Crippen molar-refractivity contribution in [2.45, 2.75) is 19.9 Å². The standard InChI is InChI=1S/C26H23FN6O3/c1-16-22(10-17-2-5-21(27)6-3-17)26(31-15-30-16)32-8-9-36-24-7-4-18(11-20(24)14-32)19-12-23(33(34)35)25(28)29-13-19/h2-7,11-13,15H,8-10,14H2,1H3,(H2,28,29). The summed E-state index contributed by atoms with van der Waals surface area (Å²) < 4.78 is 19.4. The minimum atomic E-state index is -0.541. The van der Waals surface area contributed by atoms with Crippen molar-refractivity contribution < 1.29 is 14.1 Å². The number of fused-ring (bicyclic) bond motifs is 1. The molecule has 0 saturated carbocycles. The predicted octanol–water partition coefficient (Wildman–Crippen LogP) is 4.47. The van der Waals surface area contributed by atoms with Gasteiger partial charge < -0.3 is 15.4 Å². The number of anilines is 2. The van der Waals surface area contributed by atoms with Crippen molar-refractivity contribution in [3.05, 3.63) is 99.4 Å². The van der Waals surface area contributed by atoms with Crippen LogP contribution in [0.3, 0.4) is 0 Å². The van der Waals surface area contributed by atoms with Crippen molar-refractivity contribution in [1.29, 1.82) is 0 Å². The molecule has 0 bridgehead atoms. The van der Waals surface area contributed by atoms with Gasteiger partial charge in [-0.3, -0.25) is 10.1 Å². The average Bonchev–Trinajstić information content (AvgIpc) is 3.08. The number of rotatable bonds is 5. The maximum absolute atomic E-state index is 13.4. The van der Waals surface area contributed by atoms with Crippen LogP contribution in [0.4, 0.5) is 21.7 Å². The van der Waals surface area contributed by atoms with Crippen LogP contribution < -0.4 is 15.4 Å². The molecule has 36 heavy (non-hydrogen) atoms. The third kappa shape index (κ3) is 4.65. The number of ether oxygens (including phenoxy) is 1. The molecule has 0 spiro atoms. The number of benzene rings is 2. The van der Waals surface area contributed by atoms with Gasteiger partial charge in [0.25, 0.3) is 0 Å². The third-order valence-corrected chi connectivity index (χ3v) is 6.20. The maximum atomic E-state index is 13.4. The lowest BCUT2D eigenvalue weighted by Crippen LogP contribution is -2.28. The zero-order valence-corrected chi connectivity index (χ0v) is 19.5. The van der Waals surface area contributed by atoms with Gasteiger partial charge in [-0.1, -0.05) is 18.2 Å². The first-order valence-electron chi connectivity index (χ1n) is 11.3. The van der Waals surface area contributed by atoms with E-state index in [9.17, 15) is 14.5 Å². The molecule has 2 N–H and O–H groups in total. The number of halogens is 1. The number of pyridine rings is 1. The van der Waals surface area contributed by atoms with Crippen LogP contribution in [0.1, 0.15) is 22.4 Å². The lowest BCUT2D eigenvalue weighted by atomic mass is 10.0. The normalized spacial score (nSPS) is 13.0. The van der Waals surface area contributed by atoms with Crippen molar-refractivity contribution in [2.75, 3.05) is 23.8 Å². The Morgan fingerprint density at radius 1 is 1.11 bits per heavy atom. The van der Waals surface area contributed by atoms with E-state index in [1.807, 2.05) is 25.1 Å². The van der Waals surface area contributed by atoms with E-state index in [-0.39, 0.29) is 17.3 Å². The minimum absolute atomic E-state index is 0.124. The highest BCUT2D eigenvalue weighted by atomic mass is 19.1. The Bertz CT molecular complexity index is 1440. The number of aromatic nitrogens is 3. The van der Waals surface area contributed by atoms with E-state index in [0.717, 1.165) is 39.5 Å². The summed E-state index contributed by atoms with van der Waals surface area (Å²) in [6.07, 6.45) is 3.63. The average molecular weight is 487 g/mol. The van der Waals surface area contributed by atoms with Crippen LogP contribution in [0.5, 0.6) is 5.75 Å². The molecule has 2 aromatic heterocycles. The lowest BCUT2D eigenvalue weighted by Gasteiger charge is -2.24. The van der Waals surface area contributed by atoms with Crippen LogP contribution in [-0.2, 0) is 13.0 Å². The summed E-state index contributed by atoms with van der Waals surface area (Å²) >= 11 is 0. The zero-order valence-electron chi connectivity index (χ0n) is 19.5. The van der Waals surface area contributed by atoms with E-state index in [2.05, 4.69) is 19.9 Å². The predicted molar refractivity (Wildman–Crippen MR) is 133 cm³/mol. The van der Waals surface area contributed by atoms with Gasteiger partial charge in [0.2, 0.25) is 5.82 Å². The number of nitrogens with zero attached hydrogens (tertiary/aromatic N) is 5. The highest BCUT2D eigenvalue weighted by Crippen LogP contribution is 2.33. The number of hydrogen-bond acceptors (Lipinski definition) is 8. The fourth-order valence-corrected chi connectivity index (χ4v) is 4.30. The molecule has 5 rings (SSSR count). The monoisotopic (exact) mass is 486 g/mol. The molecule has 9 nitrogen and oxygen atoms in total. The molecule has 3 heterocycles. The molecule has 2 aromatic carbocycles. The van der Waals surface area contributed by atoms with Gasteiger partial charge in [-0.25, -0.2) is 19.3 Å². The van der Waals surface area contributed by atoms with Gasteiger partial charge in [0, 0.05) is 47.6 Å². The van der Waals surface area contributed by atoms with Crippen LogP contribution in [0.2, 0.25) is 0 Å². The summed E-state index contributed by atoms with van der Waals surface area (Å²) in [7, 11) is 0. The van der Waals surface area contributed by atoms with Crippen LogP contribution >= 0.6 is 0 Å². The molecule has 182 valence electrons. The molecule has 0 saturated heterocycles. The van der Waals surface area contributed by atoms with Gasteiger partial charge in [-0.2, -0.15) is 0 Å². The second-order valence-corrected chi connectivity index (χ2v) is 8.54. The Labute approximate surface area is 206 Å². The molecule has 0 radical (unpaired) electrons. The molecule has 0 aliphatic carbocycles. The quantitative estimate of drug-likeness (QED) is 0.324. The minimum Gasteiger partial charge on any atom is -0.491 e. The molecule has 0 fully saturated rings. The van der Waals surface area contributed by atoms with E-state index in [1.165, 1.54) is 24.4 Å². The van der Waals surface area contributed by atoms with E-state index < -0.39 is 4.92 Å². The summed E-state index contributed by atoms with van der Waals surface area (Å²) in [6.45, 7) is 3.51. The number of nitrogen functional groups attached to an aromatic ring is 1. The first-order valence-corrected chi connectivity index (χ1v) is 11.3. The van der Waals surface area contributed by atoms with E-state index in [0.29, 0.717) is 31.7 Å². The topological polar surface area (TPSA) is 120 Å². The van der Waals surface area contributed by atoms with Crippen LogP contribution in [0, 0.1) is 22.9 Å². The van der Waals surface area contributed by atoms with E-state index in [4.69, 9.17) is 10.5 Å². The van der Waals surface area contributed by atoms with Crippen LogP contribution in [-0.4, -0.2) is 33.0 Å². The smallest absolute Gasteiger partial charge is 0.311 e. The van der Waals surface area contributed by atoms with Crippen LogP contribution in [0.25, 0.3) is 11.1 Å². The van der Waals surface area contributed by atoms with Gasteiger partial charge in [0.05, 0.1) is 11.5 Å². The Morgan fingerprint density at radius 2 is 1.92 bits per heavy atom. The summed E-state index contributed by atoms with van der Waals surface area (Å²) in [6, 6.07) is 13.5. The van der Waals surface area contributed by atoms with Gasteiger partial charge in [0.1, 0.15) is 30.3 Å². The van der Waals surface area contributed by atoms with Gasteiger partial charge in [-0.05, 0) is 42.3 Å². The zero-order chi connectivity index (χ0) is 25.2. The molecule has 0 amide bonds. The number of nitro groups is 1. The summed E-state index contributed by atoms with van der Waals surface area (Å²) in [5.74, 6) is 1.13. The summed E-state index contributed by atoms with van der Waals surface area (Å²) in [5, 5.41) is 11.3. The fourth-order valence-electron chi connectivity index (χ4n) is 4.30. The van der Waals surface area contributed by atoms with Crippen molar-refractivity contribution in [2.24, 2.45) is 0 Å². The summed E-state index contributed by atoms with van der Waals surface area (Å²) in [5.41, 5.74) is 10.5. The molecule has 1 aliphatic rings. The Balaban J connectivity index is 1.49. The molecule has 10 heteroatoms. The Hall–Kier alpha value is -4.60. The maximum Gasteiger partial charge on any atom is 0.311 e. The lowest BCUT2D eigenvalue weighted by molar-refractivity contribution is -0.384. The fraction of sp³-hybridized carbons (Fsp3) is 0.192. The summed E-state index contributed by atoms with van der Waals surface area (Å²) in [4.78, 5) is 25.9. The van der Waals surface area contributed by atoms with Crippen molar-refractivity contribution in [3.63, 3.8) is 0 Å². The molecule has 0 unspecified atom stereocenters. The first-order chi connectivity index (χ1) is 17.4. The van der Waals surface area contributed by atoms with Gasteiger partial charge >= 0.3 is 5.69 Å². The van der Waals surface area contributed by atoms with Crippen molar-refractivity contribution in [1.82, 2.24) is 15.0 Å². The van der Waals surface area contributed by atoms with Crippen molar-refractivity contribution >= 4 is 17.3 Å². The van der Waals surface area contributed by atoms with Crippen molar-refractivity contribution in [3.8, 4) is 16.9 Å². The van der Waals surface area contributed by atoms with Gasteiger partial charge in [-0.15, -0.1) is 0 Å². The third-order valence-electron chi connectivity index (χ3n) is 6.20. The van der Waals surface area contributed by atoms with Crippen LogP contribution in [0.15, 0.2) is 61.1 Å². The van der Waals surface area contributed by atoms with E-state index in [1.54, 1.807) is 18.5 Å². The highest BCUT2D eigenvalue weighted by molar-refractivity contribution is 5.70. The molecule has 0 atom stereocenters. The second-order valence-electron chi connectivity index (χ2n) is 8.54. The molecular formula is C26H23FN6O3. The number of hydrogen-bond donors (Lipinski definition) is 1. The number of aryl methyl sites for hydroxylation is 1. The Morgan fingerprint density at radius 3 is 2.69 bits per heavy atom. The molecule has 1 aliphatic heterocycles. The number of nitrogens with two attached hydrogens (primary N) is 1. The Kier molecular flexibility index (Phi) is 6.16. The van der Waals surface area contributed by atoms with Gasteiger partial charge in [0.15, 0.2) is 0 Å². The molecule has 4 aromatic rings.